The van der Waals surface area contributed by atoms with E-state index in [0.717, 1.165) is 12.0 Å². The number of nitrogens with one attached hydrogen (secondary N) is 1. The highest BCUT2D eigenvalue weighted by molar-refractivity contribution is 6.28. The molecule has 0 unspecified atom stereocenters. The van der Waals surface area contributed by atoms with Gasteiger partial charge < -0.3 is 14.8 Å². The van der Waals surface area contributed by atoms with E-state index in [4.69, 9.17) is 9.47 Å². The van der Waals surface area contributed by atoms with Crippen LogP contribution in [0.15, 0.2) is 54.6 Å². The normalized spacial score (nSPS) is 10.4. The molecular formula is C22H25NO4. The summed E-state index contributed by atoms with van der Waals surface area (Å²) in [5.41, 5.74) is 1.91. The van der Waals surface area contributed by atoms with Crippen molar-refractivity contribution in [2.75, 3.05) is 19.5 Å². The standard InChI is InChI=1S/C22H25NO4/c1-14(2)10-16-6-8-17(9-7-16)21(24)15(3)22(25)23-18-11-19(26-4)13-20(12-18)27-5/h6-9,11-14H,3,10H2,1-2,4-5H3,(H,23,25). The quantitative estimate of drug-likeness (QED) is 0.327. The first-order valence-corrected chi connectivity index (χ1v) is 8.71. The Hall–Kier alpha value is -3.08. The number of benzene rings is 2. The highest BCUT2D eigenvalue weighted by Gasteiger charge is 2.18. The summed E-state index contributed by atoms with van der Waals surface area (Å²) in [5, 5.41) is 2.66. The first kappa shape index (κ1) is 20.2. The van der Waals surface area contributed by atoms with E-state index in [2.05, 4.69) is 25.7 Å². The van der Waals surface area contributed by atoms with E-state index in [-0.39, 0.29) is 5.57 Å². The van der Waals surface area contributed by atoms with Crippen molar-refractivity contribution < 1.29 is 19.1 Å². The van der Waals surface area contributed by atoms with Crippen molar-refractivity contribution in [1.29, 1.82) is 0 Å². The molecule has 5 nitrogen and oxygen atoms in total. The van der Waals surface area contributed by atoms with E-state index < -0.39 is 11.7 Å². The Morgan fingerprint density at radius 1 is 1.00 bits per heavy atom. The molecule has 0 aromatic heterocycles. The monoisotopic (exact) mass is 367 g/mol. The minimum atomic E-state index is -0.568. The molecule has 0 radical (unpaired) electrons. The molecule has 0 saturated carbocycles. The van der Waals surface area contributed by atoms with Crippen LogP contribution >= 0.6 is 0 Å². The molecule has 2 aromatic carbocycles. The van der Waals surface area contributed by atoms with Crippen molar-refractivity contribution in [3.63, 3.8) is 0 Å². The number of hydrogen-bond donors (Lipinski definition) is 1. The molecule has 0 saturated heterocycles. The third-order valence-electron chi connectivity index (χ3n) is 4.02. The zero-order valence-corrected chi connectivity index (χ0v) is 16.2. The maximum absolute atomic E-state index is 12.5. The number of rotatable bonds is 8. The number of methoxy groups -OCH3 is 2. The molecule has 0 bridgehead atoms. The fourth-order valence-corrected chi connectivity index (χ4v) is 2.63. The Morgan fingerprint density at radius 3 is 2.04 bits per heavy atom. The molecule has 0 heterocycles. The van der Waals surface area contributed by atoms with Crippen LogP contribution in [-0.4, -0.2) is 25.9 Å². The summed E-state index contributed by atoms with van der Waals surface area (Å²) in [6.07, 6.45) is 0.938. The van der Waals surface area contributed by atoms with Crippen LogP contribution in [-0.2, 0) is 11.2 Å². The maximum atomic E-state index is 12.5. The van der Waals surface area contributed by atoms with Crippen LogP contribution < -0.4 is 14.8 Å². The third kappa shape index (κ3) is 5.45. The maximum Gasteiger partial charge on any atom is 0.259 e. The van der Waals surface area contributed by atoms with E-state index in [1.807, 2.05) is 12.1 Å². The molecule has 2 aromatic rings. The van der Waals surface area contributed by atoms with Gasteiger partial charge in [0.05, 0.1) is 19.8 Å². The molecule has 142 valence electrons. The average molecular weight is 367 g/mol. The van der Waals surface area contributed by atoms with Crippen LogP contribution in [0.3, 0.4) is 0 Å². The number of carbonyl (C=O) groups is 2. The van der Waals surface area contributed by atoms with Gasteiger partial charge in [-0.3, -0.25) is 9.59 Å². The highest BCUT2D eigenvalue weighted by atomic mass is 16.5. The van der Waals surface area contributed by atoms with Gasteiger partial charge in [0, 0.05) is 29.4 Å². The number of ether oxygens (including phenoxy) is 2. The first-order chi connectivity index (χ1) is 12.8. The predicted octanol–water partition coefficient (Wildman–Crippen LogP) is 4.28. The van der Waals surface area contributed by atoms with E-state index in [9.17, 15) is 9.59 Å². The largest absolute Gasteiger partial charge is 0.497 e. The predicted molar refractivity (Wildman–Crippen MR) is 107 cm³/mol. The van der Waals surface area contributed by atoms with Crippen LogP contribution in [0.25, 0.3) is 0 Å². The third-order valence-corrected chi connectivity index (χ3v) is 4.02. The zero-order valence-electron chi connectivity index (χ0n) is 16.2. The fraction of sp³-hybridized carbons (Fsp3) is 0.273. The summed E-state index contributed by atoms with van der Waals surface area (Å²) in [7, 11) is 3.04. The van der Waals surface area contributed by atoms with Crippen molar-refractivity contribution >= 4 is 17.4 Å². The lowest BCUT2D eigenvalue weighted by Gasteiger charge is -2.11. The summed E-state index contributed by atoms with van der Waals surface area (Å²) in [6, 6.07) is 12.2. The van der Waals surface area contributed by atoms with E-state index in [1.165, 1.54) is 14.2 Å². The SMILES string of the molecule is C=C(C(=O)Nc1cc(OC)cc(OC)c1)C(=O)c1ccc(CC(C)C)cc1. The van der Waals surface area contributed by atoms with Gasteiger partial charge in [-0.05, 0) is 17.9 Å². The van der Waals surface area contributed by atoms with Crippen molar-refractivity contribution in [2.24, 2.45) is 5.92 Å². The summed E-state index contributed by atoms with van der Waals surface area (Å²) in [5.74, 6) is 0.622. The Balaban J connectivity index is 2.10. The molecule has 1 N–H and O–H groups in total. The molecule has 0 aliphatic rings. The van der Waals surface area contributed by atoms with E-state index >= 15 is 0 Å². The van der Waals surface area contributed by atoms with Gasteiger partial charge >= 0.3 is 0 Å². The van der Waals surface area contributed by atoms with Gasteiger partial charge in [-0.15, -0.1) is 0 Å². The van der Waals surface area contributed by atoms with Crippen LogP contribution in [0.5, 0.6) is 11.5 Å². The van der Waals surface area contributed by atoms with E-state index in [0.29, 0.717) is 28.7 Å². The molecule has 0 aliphatic heterocycles. The van der Waals surface area contributed by atoms with Gasteiger partial charge in [-0.25, -0.2) is 0 Å². The molecule has 0 atom stereocenters. The summed E-state index contributed by atoms with van der Waals surface area (Å²) >= 11 is 0. The molecule has 0 fully saturated rings. The van der Waals surface area contributed by atoms with Crippen LogP contribution in [0.4, 0.5) is 5.69 Å². The number of hydrogen-bond acceptors (Lipinski definition) is 4. The average Bonchev–Trinajstić information content (AvgIpc) is 2.66. The van der Waals surface area contributed by atoms with Crippen molar-refractivity contribution in [3.8, 4) is 11.5 Å². The van der Waals surface area contributed by atoms with E-state index in [1.54, 1.807) is 30.3 Å². The summed E-state index contributed by atoms with van der Waals surface area (Å²) < 4.78 is 10.3. The van der Waals surface area contributed by atoms with Gasteiger partial charge in [0.1, 0.15) is 11.5 Å². The van der Waals surface area contributed by atoms with Crippen molar-refractivity contribution in [1.82, 2.24) is 0 Å². The Labute approximate surface area is 160 Å². The molecule has 1 amide bonds. The second-order valence-electron chi connectivity index (χ2n) is 6.66. The molecule has 5 heteroatoms. The van der Waals surface area contributed by atoms with Crippen molar-refractivity contribution in [2.45, 2.75) is 20.3 Å². The second kappa shape index (κ2) is 9.03. The number of ketones is 1. The fourth-order valence-electron chi connectivity index (χ4n) is 2.63. The van der Waals surface area contributed by atoms with Gasteiger partial charge in [-0.2, -0.15) is 0 Å². The minimum Gasteiger partial charge on any atom is -0.497 e. The number of Topliss-reactive ketones (excluding diaryl/α,β-unsaturated/α-hetero) is 1. The lowest BCUT2D eigenvalue weighted by Crippen LogP contribution is -2.20. The van der Waals surface area contributed by atoms with Crippen LogP contribution in [0.1, 0.15) is 29.8 Å². The highest BCUT2D eigenvalue weighted by Crippen LogP contribution is 2.26. The number of anilines is 1. The topological polar surface area (TPSA) is 64.6 Å². The molecule has 0 aliphatic carbocycles. The van der Waals surface area contributed by atoms with Crippen LogP contribution in [0.2, 0.25) is 0 Å². The molecule has 0 spiro atoms. The Kier molecular flexibility index (Phi) is 6.77. The number of carbonyl (C=O) groups excluding carboxylic acids is 2. The second-order valence-corrected chi connectivity index (χ2v) is 6.66. The Bertz CT molecular complexity index is 816. The van der Waals surface area contributed by atoms with Gasteiger partial charge in [0.2, 0.25) is 0 Å². The summed E-state index contributed by atoms with van der Waals surface area (Å²) in [4.78, 5) is 25.0. The lowest BCUT2D eigenvalue weighted by atomic mass is 9.98. The Morgan fingerprint density at radius 2 is 1.56 bits per heavy atom. The lowest BCUT2D eigenvalue weighted by molar-refractivity contribution is -0.112. The molecule has 2 rings (SSSR count). The van der Waals surface area contributed by atoms with Gasteiger partial charge in [0.15, 0.2) is 5.78 Å². The van der Waals surface area contributed by atoms with Crippen molar-refractivity contribution in [3.05, 3.63) is 65.7 Å². The van der Waals surface area contributed by atoms with Gasteiger partial charge in [0.25, 0.3) is 5.91 Å². The smallest absolute Gasteiger partial charge is 0.259 e. The molecular weight excluding hydrogens is 342 g/mol. The first-order valence-electron chi connectivity index (χ1n) is 8.71. The van der Waals surface area contributed by atoms with Gasteiger partial charge in [-0.1, -0.05) is 44.7 Å². The molecule has 27 heavy (non-hydrogen) atoms. The zero-order chi connectivity index (χ0) is 20.0. The van der Waals surface area contributed by atoms with Crippen LogP contribution in [0, 0.1) is 5.92 Å². The number of amides is 1. The minimum absolute atomic E-state index is 0.131. The summed E-state index contributed by atoms with van der Waals surface area (Å²) in [6.45, 7) is 7.93.